The van der Waals surface area contributed by atoms with Crippen LogP contribution in [-0.4, -0.2) is 38.3 Å². The largest absolute Gasteiger partial charge is 0.461 e. The predicted molar refractivity (Wildman–Crippen MR) is 74.0 cm³/mol. The molecule has 19 heavy (non-hydrogen) atoms. The van der Waals surface area contributed by atoms with Gasteiger partial charge >= 0.3 is 6.01 Å². The molecule has 1 aromatic heterocycles. The van der Waals surface area contributed by atoms with E-state index in [4.69, 9.17) is 10.5 Å². The summed E-state index contributed by atoms with van der Waals surface area (Å²) in [7, 11) is 0. The van der Waals surface area contributed by atoms with Gasteiger partial charge in [-0.25, -0.2) is 0 Å². The molecule has 0 bridgehead atoms. The first-order valence-electron chi connectivity index (χ1n) is 6.52. The lowest BCUT2D eigenvalue weighted by molar-refractivity contribution is 0.200. The Morgan fingerprint density at radius 3 is 2.37 bits per heavy atom. The van der Waals surface area contributed by atoms with Crippen molar-refractivity contribution < 1.29 is 9.84 Å². The first-order chi connectivity index (χ1) is 8.94. The van der Waals surface area contributed by atoms with Crippen molar-refractivity contribution in [2.24, 2.45) is 0 Å². The van der Waals surface area contributed by atoms with E-state index in [0.717, 1.165) is 12.8 Å². The summed E-state index contributed by atoms with van der Waals surface area (Å²) >= 11 is 0. The number of nitrogens with one attached hydrogen (secondary N) is 1. The van der Waals surface area contributed by atoms with Crippen LogP contribution >= 0.6 is 0 Å². The normalized spacial score (nSPS) is 11.7. The molecule has 1 aromatic rings. The summed E-state index contributed by atoms with van der Waals surface area (Å²) in [4.78, 5) is 12.1. The van der Waals surface area contributed by atoms with Crippen LogP contribution in [0.15, 0.2) is 0 Å². The molecule has 0 aliphatic rings. The van der Waals surface area contributed by atoms with Crippen molar-refractivity contribution in [3.63, 3.8) is 0 Å². The van der Waals surface area contributed by atoms with Gasteiger partial charge in [-0.05, 0) is 26.7 Å². The van der Waals surface area contributed by atoms with Crippen molar-refractivity contribution >= 4 is 11.9 Å². The topological polar surface area (TPSA) is 106 Å². The third-order valence-electron chi connectivity index (χ3n) is 3.01. The Kier molecular flexibility index (Phi) is 5.29. The minimum Gasteiger partial charge on any atom is -0.461 e. The van der Waals surface area contributed by atoms with Crippen LogP contribution in [-0.2, 0) is 0 Å². The van der Waals surface area contributed by atoms with Crippen LogP contribution in [0.5, 0.6) is 6.01 Å². The van der Waals surface area contributed by atoms with Crippen molar-refractivity contribution in [3.8, 4) is 6.01 Å². The zero-order chi connectivity index (χ0) is 14.5. The zero-order valence-electron chi connectivity index (χ0n) is 12.0. The minimum atomic E-state index is -0.455. The number of anilines is 2. The molecular formula is C12H23N5O2. The summed E-state index contributed by atoms with van der Waals surface area (Å²) in [6.45, 7) is 7.73. The van der Waals surface area contributed by atoms with Gasteiger partial charge in [-0.2, -0.15) is 15.0 Å². The number of aliphatic hydroxyl groups is 1. The van der Waals surface area contributed by atoms with Crippen molar-refractivity contribution in [2.75, 3.05) is 17.7 Å². The highest BCUT2D eigenvalue weighted by molar-refractivity contribution is 5.35. The lowest BCUT2D eigenvalue weighted by Crippen LogP contribution is -2.41. The molecule has 0 saturated carbocycles. The molecule has 0 atom stereocenters. The van der Waals surface area contributed by atoms with Gasteiger partial charge in [0.1, 0.15) is 0 Å². The molecule has 7 nitrogen and oxygen atoms in total. The highest BCUT2D eigenvalue weighted by Gasteiger charge is 2.26. The van der Waals surface area contributed by atoms with Crippen LogP contribution in [0.2, 0.25) is 0 Å². The lowest BCUT2D eigenvalue weighted by atomic mass is 9.94. The Balaban J connectivity index is 2.97. The molecular weight excluding hydrogens is 246 g/mol. The molecule has 108 valence electrons. The van der Waals surface area contributed by atoms with Crippen LogP contribution < -0.4 is 15.8 Å². The molecule has 0 amide bonds. The molecule has 0 radical (unpaired) electrons. The summed E-state index contributed by atoms with van der Waals surface area (Å²) in [5.74, 6) is 0.410. The second kappa shape index (κ2) is 6.51. The number of ether oxygens (including phenoxy) is 1. The van der Waals surface area contributed by atoms with Crippen LogP contribution in [0.3, 0.4) is 0 Å². The highest BCUT2D eigenvalue weighted by Crippen LogP contribution is 2.21. The van der Waals surface area contributed by atoms with Gasteiger partial charge in [-0.3, -0.25) is 0 Å². The first-order valence-corrected chi connectivity index (χ1v) is 6.52. The van der Waals surface area contributed by atoms with E-state index < -0.39 is 5.54 Å². The smallest absolute Gasteiger partial charge is 0.323 e. The molecule has 0 aliphatic heterocycles. The maximum atomic E-state index is 9.53. The summed E-state index contributed by atoms with van der Waals surface area (Å²) in [6.07, 6.45) is 1.44. The van der Waals surface area contributed by atoms with Crippen molar-refractivity contribution in [1.29, 1.82) is 0 Å². The monoisotopic (exact) mass is 269 g/mol. The fourth-order valence-electron chi connectivity index (χ4n) is 1.62. The van der Waals surface area contributed by atoms with Crippen molar-refractivity contribution in [2.45, 2.75) is 52.2 Å². The summed E-state index contributed by atoms with van der Waals surface area (Å²) in [5.41, 5.74) is 5.18. The zero-order valence-corrected chi connectivity index (χ0v) is 12.0. The third-order valence-corrected chi connectivity index (χ3v) is 3.01. The third kappa shape index (κ3) is 4.20. The van der Waals surface area contributed by atoms with Gasteiger partial charge in [-0.1, -0.05) is 13.8 Å². The Hall–Kier alpha value is -1.63. The molecule has 0 saturated heterocycles. The van der Waals surface area contributed by atoms with E-state index >= 15 is 0 Å². The number of hydrogen-bond acceptors (Lipinski definition) is 7. The predicted octanol–water partition coefficient (Wildman–Crippen LogP) is 1.20. The molecule has 0 spiro atoms. The lowest BCUT2D eigenvalue weighted by Gasteiger charge is -2.30. The number of hydrogen-bond donors (Lipinski definition) is 3. The van der Waals surface area contributed by atoms with E-state index in [9.17, 15) is 5.11 Å². The van der Waals surface area contributed by atoms with Crippen LogP contribution in [0.4, 0.5) is 11.9 Å². The molecule has 0 fully saturated rings. The number of nitrogen functional groups attached to an aromatic ring is 1. The average Bonchev–Trinajstić information content (AvgIpc) is 2.34. The van der Waals surface area contributed by atoms with E-state index in [2.05, 4.69) is 20.3 Å². The van der Waals surface area contributed by atoms with Gasteiger partial charge in [0.2, 0.25) is 11.9 Å². The second-order valence-corrected chi connectivity index (χ2v) is 4.74. The van der Waals surface area contributed by atoms with Crippen LogP contribution in [0, 0.1) is 0 Å². The van der Waals surface area contributed by atoms with E-state index in [0.29, 0.717) is 5.95 Å². The molecule has 0 unspecified atom stereocenters. The summed E-state index contributed by atoms with van der Waals surface area (Å²) in [6, 6.07) is 0.184. The Morgan fingerprint density at radius 1 is 1.26 bits per heavy atom. The second-order valence-electron chi connectivity index (χ2n) is 4.74. The van der Waals surface area contributed by atoms with E-state index in [1.54, 1.807) is 0 Å². The van der Waals surface area contributed by atoms with Gasteiger partial charge in [-0.15, -0.1) is 0 Å². The van der Waals surface area contributed by atoms with E-state index in [1.165, 1.54) is 0 Å². The maximum absolute atomic E-state index is 9.53. The van der Waals surface area contributed by atoms with Gasteiger partial charge in [0.05, 0.1) is 18.2 Å². The molecule has 0 aliphatic carbocycles. The number of aromatic nitrogens is 3. The van der Waals surface area contributed by atoms with Crippen molar-refractivity contribution in [3.05, 3.63) is 0 Å². The quantitative estimate of drug-likeness (QED) is 0.683. The van der Waals surface area contributed by atoms with Gasteiger partial charge in [0.25, 0.3) is 0 Å². The number of nitrogens with zero attached hydrogens (tertiary/aromatic N) is 3. The molecule has 7 heteroatoms. The fraction of sp³-hybridized carbons (Fsp3) is 0.750. The Bertz CT molecular complexity index is 399. The SMILES string of the molecule is CCC(CC)(CO)Nc1nc(N)nc(OC(C)C)n1. The molecule has 4 N–H and O–H groups in total. The number of nitrogens with two attached hydrogens (primary N) is 1. The van der Waals surface area contributed by atoms with E-state index in [1.807, 2.05) is 27.7 Å². The van der Waals surface area contributed by atoms with Crippen LogP contribution in [0.25, 0.3) is 0 Å². The number of rotatable bonds is 7. The minimum absolute atomic E-state index is 0.00798. The Morgan fingerprint density at radius 2 is 1.89 bits per heavy atom. The standard InChI is InChI=1S/C12H23N5O2/c1-5-12(6-2,7-18)17-10-14-9(13)15-11(16-10)19-8(3)4/h8,18H,5-7H2,1-4H3,(H3,13,14,15,16,17). The maximum Gasteiger partial charge on any atom is 0.323 e. The number of aliphatic hydroxyl groups excluding tert-OH is 1. The Labute approximate surface area is 113 Å². The molecule has 1 rings (SSSR count). The highest BCUT2D eigenvalue weighted by atomic mass is 16.5. The summed E-state index contributed by atoms with van der Waals surface area (Å²) in [5, 5.41) is 12.6. The van der Waals surface area contributed by atoms with Gasteiger partial charge in [0, 0.05) is 0 Å². The molecule has 0 aromatic carbocycles. The average molecular weight is 269 g/mol. The van der Waals surface area contributed by atoms with Crippen LogP contribution in [0.1, 0.15) is 40.5 Å². The first kappa shape index (κ1) is 15.4. The van der Waals surface area contributed by atoms with Crippen molar-refractivity contribution in [1.82, 2.24) is 15.0 Å². The summed E-state index contributed by atoms with van der Waals surface area (Å²) < 4.78 is 5.41. The fourth-order valence-corrected chi connectivity index (χ4v) is 1.62. The van der Waals surface area contributed by atoms with Gasteiger partial charge in [0.15, 0.2) is 0 Å². The van der Waals surface area contributed by atoms with E-state index in [-0.39, 0.29) is 24.7 Å². The molecule has 1 heterocycles. The van der Waals surface area contributed by atoms with Gasteiger partial charge < -0.3 is 20.9 Å².